The van der Waals surface area contributed by atoms with Gasteiger partial charge in [0.1, 0.15) is 10.8 Å². The second-order valence-corrected chi connectivity index (χ2v) is 4.80. The van der Waals surface area contributed by atoms with E-state index >= 15 is 0 Å². The lowest BCUT2D eigenvalue weighted by molar-refractivity contribution is 0.625. The van der Waals surface area contributed by atoms with Gasteiger partial charge in [-0.05, 0) is 35.9 Å². The van der Waals surface area contributed by atoms with E-state index in [1.807, 2.05) is 42.3 Å². The van der Waals surface area contributed by atoms with Crippen LogP contribution in [0.1, 0.15) is 11.1 Å². The van der Waals surface area contributed by atoms with Crippen LogP contribution in [0.4, 0.5) is 10.1 Å². The zero-order valence-electron chi connectivity index (χ0n) is 10.6. The molecule has 0 saturated carbocycles. The number of hydrogen-bond donors (Lipinski definition) is 1. The molecule has 0 bridgehead atoms. The molecule has 98 valence electrons. The van der Waals surface area contributed by atoms with Gasteiger partial charge in [0, 0.05) is 24.8 Å². The first-order chi connectivity index (χ1) is 9.08. The Kier molecular flexibility index (Phi) is 4.12. The van der Waals surface area contributed by atoms with Crippen molar-refractivity contribution in [2.24, 2.45) is 5.73 Å². The van der Waals surface area contributed by atoms with E-state index in [1.165, 1.54) is 12.1 Å². The third kappa shape index (κ3) is 3.29. The van der Waals surface area contributed by atoms with Crippen LogP contribution >= 0.6 is 12.2 Å². The van der Waals surface area contributed by atoms with Gasteiger partial charge >= 0.3 is 0 Å². The van der Waals surface area contributed by atoms with Crippen LogP contribution in [0, 0.1) is 5.82 Å². The van der Waals surface area contributed by atoms with Crippen molar-refractivity contribution < 1.29 is 4.39 Å². The van der Waals surface area contributed by atoms with Crippen LogP contribution < -0.4 is 10.6 Å². The minimum atomic E-state index is -0.281. The summed E-state index contributed by atoms with van der Waals surface area (Å²) in [6, 6.07) is 14.4. The summed E-state index contributed by atoms with van der Waals surface area (Å²) in [5.74, 6) is -0.281. The van der Waals surface area contributed by atoms with Crippen molar-refractivity contribution in [2.45, 2.75) is 6.54 Å². The van der Waals surface area contributed by atoms with Gasteiger partial charge in [-0.2, -0.15) is 0 Å². The molecule has 0 aliphatic heterocycles. The highest BCUT2D eigenvalue weighted by molar-refractivity contribution is 7.80. The first-order valence-electron chi connectivity index (χ1n) is 5.92. The smallest absolute Gasteiger partial charge is 0.123 e. The maximum absolute atomic E-state index is 13.4. The van der Waals surface area contributed by atoms with Crippen LogP contribution in [0.2, 0.25) is 0 Å². The van der Waals surface area contributed by atoms with E-state index in [-0.39, 0.29) is 10.8 Å². The number of halogens is 1. The molecule has 0 aromatic heterocycles. The molecule has 0 radical (unpaired) electrons. The zero-order valence-corrected chi connectivity index (χ0v) is 11.5. The van der Waals surface area contributed by atoms with E-state index in [9.17, 15) is 4.39 Å². The van der Waals surface area contributed by atoms with Crippen LogP contribution in [0.5, 0.6) is 0 Å². The molecule has 0 unspecified atom stereocenters. The molecule has 4 heteroatoms. The van der Waals surface area contributed by atoms with Crippen molar-refractivity contribution in [3.63, 3.8) is 0 Å². The van der Waals surface area contributed by atoms with E-state index in [0.717, 1.165) is 16.8 Å². The van der Waals surface area contributed by atoms with Crippen molar-refractivity contribution in [3.05, 3.63) is 65.5 Å². The van der Waals surface area contributed by atoms with Crippen molar-refractivity contribution in [1.82, 2.24) is 0 Å². The lowest BCUT2D eigenvalue weighted by atomic mass is 10.1. The minimum absolute atomic E-state index is 0.281. The van der Waals surface area contributed by atoms with Crippen molar-refractivity contribution in [3.8, 4) is 0 Å². The summed E-state index contributed by atoms with van der Waals surface area (Å²) in [4.78, 5) is 2.31. The lowest BCUT2D eigenvalue weighted by Crippen LogP contribution is -2.20. The molecule has 0 saturated heterocycles. The average Bonchev–Trinajstić information content (AvgIpc) is 2.39. The van der Waals surface area contributed by atoms with Gasteiger partial charge in [0.15, 0.2) is 0 Å². The molecule has 0 atom stereocenters. The van der Waals surface area contributed by atoms with Crippen LogP contribution in [0.15, 0.2) is 48.5 Å². The molecule has 2 aromatic carbocycles. The highest BCUT2D eigenvalue weighted by atomic mass is 32.1. The molecule has 0 heterocycles. The molecule has 0 fully saturated rings. The topological polar surface area (TPSA) is 29.3 Å². The second kappa shape index (κ2) is 5.80. The van der Waals surface area contributed by atoms with Crippen LogP contribution in [-0.2, 0) is 6.54 Å². The summed E-state index contributed by atoms with van der Waals surface area (Å²) >= 11 is 5.00. The highest BCUT2D eigenvalue weighted by Gasteiger charge is 2.09. The predicted octanol–water partition coefficient (Wildman–Crippen LogP) is 3.10. The molecule has 0 spiro atoms. The number of anilines is 1. The van der Waals surface area contributed by atoms with Crippen molar-refractivity contribution in [1.29, 1.82) is 0 Å². The van der Waals surface area contributed by atoms with Gasteiger partial charge in [0.2, 0.25) is 0 Å². The van der Waals surface area contributed by atoms with Gasteiger partial charge in [-0.1, -0.05) is 30.4 Å². The normalized spacial score (nSPS) is 10.2. The third-order valence-electron chi connectivity index (χ3n) is 2.94. The van der Waals surface area contributed by atoms with Gasteiger partial charge in [0.05, 0.1) is 0 Å². The van der Waals surface area contributed by atoms with Gasteiger partial charge in [-0.3, -0.25) is 0 Å². The lowest BCUT2D eigenvalue weighted by Gasteiger charge is -2.21. The number of rotatable bonds is 4. The van der Waals surface area contributed by atoms with E-state index in [1.54, 1.807) is 6.07 Å². The molecule has 2 nitrogen and oxygen atoms in total. The molecule has 2 aromatic rings. The first kappa shape index (κ1) is 13.5. The largest absolute Gasteiger partial charge is 0.389 e. The van der Waals surface area contributed by atoms with Gasteiger partial charge in [-0.15, -0.1) is 0 Å². The number of benzene rings is 2. The van der Waals surface area contributed by atoms with E-state index in [4.69, 9.17) is 18.0 Å². The number of para-hydroxylation sites is 1. The molecule has 0 amide bonds. The van der Waals surface area contributed by atoms with Gasteiger partial charge in [-0.25, -0.2) is 4.39 Å². The molecule has 2 N–H and O–H groups in total. The van der Waals surface area contributed by atoms with Gasteiger partial charge < -0.3 is 10.6 Å². The van der Waals surface area contributed by atoms with Crippen LogP contribution in [-0.4, -0.2) is 12.0 Å². The Morgan fingerprint density at radius 2 is 1.89 bits per heavy atom. The SMILES string of the molecule is CN(Cc1cc(F)ccc1C(N)=S)c1ccccc1. The Labute approximate surface area is 117 Å². The fourth-order valence-corrected chi connectivity index (χ4v) is 2.16. The molecular formula is C15H15FN2S. The Morgan fingerprint density at radius 3 is 2.53 bits per heavy atom. The number of thiocarbonyl (C=S) groups is 1. The number of nitrogens with two attached hydrogens (primary N) is 1. The summed E-state index contributed by atoms with van der Waals surface area (Å²) in [6.45, 7) is 0.550. The van der Waals surface area contributed by atoms with E-state index in [0.29, 0.717) is 6.54 Å². The number of hydrogen-bond acceptors (Lipinski definition) is 2. The van der Waals surface area contributed by atoms with Crippen LogP contribution in [0.3, 0.4) is 0 Å². The Morgan fingerprint density at radius 1 is 1.21 bits per heavy atom. The molecule has 0 aliphatic rings. The molecule has 2 rings (SSSR count). The van der Waals surface area contributed by atoms with Gasteiger partial charge in [0.25, 0.3) is 0 Å². The first-order valence-corrected chi connectivity index (χ1v) is 6.33. The minimum Gasteiger partial charge on any atom is -0.389 e. The zero-order chi connectivity index (χ0) is 13.8. The Balaban J connectivity index is 2.28. The van der Waals surface area contributed by atoms with E-state index < -0.39 is 0 Å². The fraction of sp³-hybridized carbons (Fsp3) is 0.133. The standard InChI is InChI=1S/C15H15FN2S/c1-18(13-5-3-2-4-6-13)10-11-9-12(16)7-8-14(11)15(17)19/h2-9H,10H2,1H3,(H2,17,19). The molecule has 0 aliphatic carbocycles. The second-order valence-electron chi connectivity index (χ2n) is 4.36. The third-order valence-corrected chi connectivity index (χ3v) is 3.16. The van der Waals surface area contributed by atoms with Crippen molar-refractivity contribution >= 4 is 22.9 Å². The predicted molar refractivity (Wildman–Crippen MR) is 80.8 cm³/mol. The Hall–Kier alpha value is -1.94. The summed E-state index contributed by atoms with van der Waals surface area (Å²) in [7, 11) is 1.95. The maximum atomic E-state index is 13.4. The Bertz CT molecular complexity index is 584. The monoisotopic (exact) mass is 274 g/mol. The summed E-state index contributed by atoms with van der Waals surface area (Å²) in [5.41, 5.74) is 8.24. The van der Waals surface area contributed by atoms with Crippen molar-refractivity contribution in [2.75, 3.05) is 11.9 Å². The summed E-state index contributed by atoms with van der Waals surface area (Å²) in [5, 5.41) is 0. The fourth-order valence-electron chi connectivity index (χ4n) is 1.96. The highest BCUT2D eigenvalue weighted by Crippen LogP contribution is 2.18. The molecular weight excluding hydrogens is 259 g/mol. The average molecular weight is 274 g/mol. The molecule has 19 heavy (non-hydrogen) atoms. The van der Waals surface area contributed by atoms with Crippen LogP contribution in [0.25, 0.3) is 0 Å². The maximum Gasteiger partial charge on any atom is 0.123 e. The van der Waals surface area contributed by atoms with E-state index in [2.05, 4.69) is 0 Å². The quantitative estimate of drug-likeness (QED) is 0.869. The number of nitrogens with zero attached hydrogens (tertiary/aromatic N) is 1. The summed E-state index contributed by atoms with van der Waals surface area (Å²) < 4.78 is 13.4. The summed E-state index contributed by atoms with van der Waals surface area (Å²) in [6.07, 6.45) is 0.